The summed E-state index contributed by atoms with van der Waals surface area (Å²) in [5, 5.41) is 3.79. The van der Waals surface area contributed by atoms with Crippen molar-refractivity contribution >= 4 is 0 Å². The van der Waals surface area contributed by atoms with Gasteiger partial charge in [-0.1, -0.05) is 33.1 Å². The highest BCUT2D eigenvalue weighted by molar-refractivity contribution is 4.87. The second kappa shape index (κ2) is 8.26. The summed E-state index contributed by atoms with van der Waals surface area (Å²) in [5.41, 5.74) is 0. The minimum absolute atomic E-state index is 0.809. The van der Waals surface area contributed by atoms with Crippen molar-refractivity contribution in [3.8, 4) is 0 Å². The predicted octanol–water partition coefficient (Wildman–Crippen LogP) is 3.81. The summed E-state index contributed by atoms with van der Waals surface area (Å²) in [6.07, 6.45) is 12.7. The largest absolute Gasteiger partial charge is 0.314 e. The minimum Gasteiger partial charge on any atom is -0.314 e. The normalized spacial score (nSPS) is 32.8. The van der Waals surface area contributed by atoms with Crippen molar-refractivity contribution in [3.63, 3.8) is 0 Å². The van der Waals surface area contributed by atoms with Gasteiger partial charge in [-0.2, -0.15) is 0 Å². The fourth-order valence-electron chi connectivity index (χ4n) is 4.12. The molecule has 1 N–H and O–H groups in total. The first-order chi connectivity index (χ1) is 9.35. The Morgan fingerprint density at radius 3 is 2.68 bits per heavy atom. The summed E-state index contributed by atoms with van der Waals surface area (Å²) in [6, 6.07) is 1.70. The molecule has 0 radical (unpaired) electrons. The summed E-state index contributed by atoms with van der Waals surface area (Å²) in [4.78, 5) is 2.84. The van der Waals surface area contributed by atoms with Gasteiger partial charge in [0.25, 0.3) is 0 Å². The maximum Gasteiger partial charge on any atom is 0.0107 e. The van der Waals surface area contributed by atoms with E-state index in [0.717, 1.165) is 18.0 Å². The molecule has 1 aliphatic carbocycles. The first kappa shape index (κ1) is 15.3. The molecule has 0 aromatic heterocycles. The topological polar surface area (TPSA) is 15.3 Å². The van der Waals surface area contributed by atoms with Gasteiger partial charge in [0.05, 0.1) is 0 Å². The Morgan fingerprint density at radius 1 is 1.00 bits per heavy atom. The SMILES string of the molecule is CCCNC1CCCC1CN1CCCCC1CCC. The van der Waals surface area contributed by atoms with Gasteiger partial charge in [-0.25, -0.2) is 0 Å². The third-order valence-electron chi connectivity index (χ3n) is 5.16. The van der Waals surface area contributed by atoms with Crippen LogP contribution in [0.4, 0.5) is 0 Å². The van der Waals surface area contributed by atoms with Crippen LogP contribution in [0.2, 0.25) is 0 Å². The molecule has 0 spiro atoms. The zero-order valence-corrected chi connectivity index (χ0v) is 13.2. The van der Waals surface area contributed by atoms with Crippen LogP contribution < -0.4 is 5.32 Å². The lowest BCUT2D eigenvalue weighted by molar-refractivity contribution is 0.112. The first-order valence-electron chi connectivity index (χ1n) is 8.82. The lowest BCUT2D eigenvalue weighted by Crippen LogP contribution is -2.45. The summed E-state index contributed by atoms with van der Waals surface area (Å²) in [7, 11) is 0. The highest BCUT2D eigenvalue weighted by Crippen LogP contribution is 2.29. The second-order valence-corrected chi connectivity index (χ2v) is 6.68. The lowest BCUT2D eigenvalue weighted by atomic mass is 9.95. The van der Waals surface area contributed by atoms with Crippen LogP contribution in [0.5, 0.6) is 0 Å². The molecule has 1 saturated heterocycles. The number of nitrogens with zero attached hydrogens (tertiary/aromatic N) is 1. The predicted molar refractivity (Wildman–Crippen MR) is 83.5 cm³/mol. The van der Waals surface area contributed by atoms with Gasteiger partial charge in [-0.05, 0) is 57.5 Å². The molecule has 2 heteroatoms. The van der Waals surface area contributed by atoms with Gasteiger partial charge < -0.3 is 10.2 Å². The van der Waals surface area contributed by atoms with Gasteiger partial charge >= 0.3 is 0 Å². The summed E-state index contributed by atoms with van der Waals surface area (Å²) < 4.78 is 0. The van der Waals surface area contributed by atoms with E-state index in [1.165, 1.54) is 77.4 Å². The molecule has 2 fully saturated rings. The van der Waals surface area contributed by atoms with Crippen LogP contribution in [-0.2, 0) is 0 Å². The van der Waals surface area contributed by atoms with Crippen LogP contribution in [0.25, 0.3) is 0 Å². The van der Waals surface area contributed by atoms with Gasteiger partial charge in [0, 0.05) is 18.6 Å². The number of hydrogen-bond acceptors (Lipinski definition) is 2. The number of rotatable bonds is 7. The average molecular weight is 266 g/mol. The van der Waals surface area contributed by atoms with E-state index in [2.05, 4.69) is 24.1 Å². The quantitative estimate of drug-likeness (QED) is 0.754. The minimum atomic E-state index is 0.809. The molecule has 2 aliphatic rings. The van der Waals surface area contributed by atoms with E-state index in [1.54, 1.807) is 0 Å². The Kier molecular flexibility index (Phi) is 6.66. The molecule has 2 nitrogen and oxygen atoms in total. The molecular formula is C17H34N2. The summed E-state index contributed by atoms with van der Waals surface area (Å²) in [6.45, 7) is 8.56. The average Bonchev–Trinajstić information content (AvgIpc) is 2.86. The molecule has 0 amide bonds. The monoisotopic (exact) mass is 266 g/mol. The van der Waals surface area contributed by atoms with E-state index >= 15 is 0 Å². The molecule has 19 heavy (non-hydrogen) atoms. The van der Waals surface area contributed by atoms with Crippen molar-refractivity contribution in [1.82, 2.24) is 10.2 Å². The zero-order valence-electron chi connectivity index (χ0n) is 13.2. The number of hydrogen-bond donors (Lipinski definition) is 1. The van der Waals surface area contributed by atoms with Crippen LogP contribution in [-0.4, -0.2) is 36.6 Å². The van der Waals surface area contributed by atoms with Crippen LogP contribution >= 0.6 is 0 Å². The molecule has 0 aromatic carbocycles. The zero-order chi connectivity index (χ0) is 13.5. The highest BCUT2D eigenvalue weighted by Gasteiger charge is 2.31. The maximum atomic E-state index is 3.79. The maximum absolute atomic E-state index is 3.79. The molecule has 0 aromatic rings. The van der Waals surface area contributed by atoms with Crippen molar-refractivity contribution in [2.24, 2.45) is 5.92 Å². The van der Waals surface area contributed by atoms with Gasteiger partial charge in [0.2, 0.25) is 0 Å². The van der Waals surface area contributed by atoms with Crippen molar-refractivity contribution in [1.29, 1.82) is 0 Å². The first-order valence-corrected chi connectivity index (χ1v) is 8.82. The molecular weight excluding hydrogens is 232 g/mol. The summed E-state index contributed by atoms with van der Waals surface area (Å²) >= 11 is 0. The van der Waals surface area contributed by atoms with Gasteiger partial charge in [0.15, 0.2) is 0 Å². The lowest BCUT2D eigenvalue weighted by Gasteiger charge is -2.38. The van der Waals surface area contributed by atoms with E-state index < -0.39 is 0 Å². The van der Waals surface area contributed by atoms with E-state index in [0.29, 0.717) is 0 Å². The van der Waals surface area contributed by atoms with Crippen LogP contribution in [0.3, 0.4) is 0 Å². The fraction of sp³-hybridized carbons (Fsp3) is 1.00. The molecule has 112 valence electrons. The van der Waals surface area contributed by atoms with Gasteiger partial charge in [-0.15, -0.1) is 0 Å². The Bertz CT molecular complexity index is 239. The third-order valence-corrected chi connectivity index (χ3v) is 5.16. The van der Waals surface area contributed by atoms with Crippen molar-refractivity contribution < 1.29 is 0 Å². The van der Waals surface area contributed by atoms with Gasteiger partial charge in [-0.3, -0.25) is 0 Å². The smallest absolute Gasteiger partial charge is 0.0107 e. The van der Waals surface area contributed by atoms with E-state index in [-0.39, 0.29) is 0 Å². The fourth-order valence-corrected chi connectivity index (χ4v) is 4.12. The molecule has 1 saturated carbocycles. The summed E-state index contributed by atoms with van der Waals surface area (Å²) in [5.74, 6) is 0.920. The molecule has 0 bridgehead atoms. The molecule has 3 atom stereocenters. The third kappa shape index (κ3) is 4.46. The Labute approximate surface area is 120 Å². The molecule has 2 rings (SSSR count). The van der Waals surface area contributed by atoms with Gasteiger partial charge in [0.1, 0.15) is 0 Å². The van der Waals surface area contributed by atoms with Crippen molar-refractivity contribution in [2.45, 2.75) is 83.7 Å². The van der Waals surface area contributed by atoms with E-state index in [4.69, 9.17) is 0 Å². The standard InChI is InChI=1S/C17H34N2/c1-3-8-16-10-5-6-13-19(16)14-15-9-7-11-17(15)18-12-4-2/h15-18H,3-14H2,1-2H3. The number of nitrogens with one attached hydrogen (secondary N) is 1. The van der Waals surface area contributed by atoms with E-state index in [1.807, 2.05) is 0 Å². The van der Waals surface area contributed by atoms with Crippen LogP contribution in [0.15, 0.2) is 0 Å². The van der Waals surface area contributed by atoms with Crippen molar-refractivity contribution in [3.05, 3.63) is 0 Å². The van der Waals surface area contributed by atoms with Crippen LogP contribution in [0, 0.1) is 5.92 Å². The Hall–Kier alpha value is -0.0800. The molecule has 1 aliphatic heterocycles. The number of likely N-dealkylation sites (tertiary alicyclic amines) is 1. The Balaban J connectivity index is 1.83. The number of piperidine rings is 1. The van der Waals surface area contributed by atoms with Crippen molar-refractivity contribution in [2.75, 3.05) is 19.6 Å². The highest BCUT2D eigenvalue weighted by atomic mass is 15.2. The van der Waals surface area contributed by atoms with E-state index in [9.17, 15) is 0 Å². The Morgan fingerprint density at radius 2 is 1.89 bits per heavy atom. The second-order valence-electron chi connectivity index (χ2n) is 6.68. The molecule has 3 unspecified atom stereocenters. The van der Waals surface area contributed by atoms with Crippen LogP contribution in [0.1, 0.15) is 71.6 Å². The molecule has 1 heterocycles.